The van der Waals surface area contributed by atoms with Crippen molar-refractivity contribution in [1.29, 1.82) is 0 Å². The number of hydrogen-bond donors (Lipinski definition) is 1. The van der Waals surface area contributed by atoms with Crippen LogP contribution in [0.1, 0.15) is 61.4 Å². The molecule has 0 saturated heterocycles. The number of nitrogens with one attached hydrogen (secondary N) is 1. The fourth-order valence-corrected chi connectivity index (χ4v) is 5.00. The lowest BCUT2D eigenvalue weighted by Gasteiger charge is -2.46. The molecule has 0 saturated carbocycles. The molecule has 0 fully saturated rings. The standard InChI is InChI=1S/C28H32N2O/c1-20-15-16-24-21(2)18-28(3,4)30(25(24)17-20)26(31)19-29-27(22-11-7-5-8-12-22)23-13-9-6-10-14-23/h5-17,21,27,29H,18-19H2,1-4H3. The zero-order valence-electron chi connectivity index (χ0n) is 18.9. The molecule has 0 spiro atoms. The molecule has 4 rings (SSSR count). The average Bonchev–Trinajstić information content (AvgIpc) is 2.74. The monoisotopic (exact) mass is 412 g/mol. The molecule has 1 aliphatic rings. The molecule has 31 heavy (non-hydrogen) atoms. The molecule has 1 unspecified atom stereocenters. The van der Waals surface area contributed by atoms with E-state index in [1.807, 2.05) is 41.3 Å². The van der Waals surface area contributed by atoms with E-state index in [-0.39, 0.29) is 24.0 Å². The second-order valence-corrected chi connectivity index (χ2v) is 9.34. The van der Waals surface area contributed by atoms with Crippen molar-refractivity contribution in [2.24, 2.45) is 0 Å². The number of carbonyl (C=O) groups is 1. The number of nitrogens with zero attached hydrogens (tertiary/aromatic N) is 1. The van der Waals surface area contributed by atoms with Crippen molar-refractivity contribution >= 4 is 11.6 Å². The Hall–Kier alpha value is -2.91. The maximum Gasteiger partial charge on any atom is 0.241 e. The van der Waals surface area contributed by atoms with Crippen LogP contribution in [0.4, 0.5) is 5.69 Å². The predicted molar refractivity (Wildman–Crippen MR) is 129 cm³/mol. The maximum atomic E-state index is 13.6. The third-order valence-corrected chi connectivity index (χ3v) is 6.34. The van der Waals surface area contributed by atoms with Gasteiger partial charge >= 0.3 is 0 Å². The molecule has 160 valence electrons. The summed E-state index contributed by atoms with van der Waals surface area (Å²) < 4.78 is 0. The smallest absolute Gasteiger partial charge is 0.241 e. The fraction of sp³-hybridized carbons (Fsp3) is 0.321. The van der Waals surface area contributed by atoms with E-state index in [1.165, 1.54) is 11.1 Å². The Bertz CT molecular complexity index is 1000. The quantitative estimate of drug-likeness (QED) is 0.558. The highest BCUT2D eigenvalue weighted by Crippen LogP contribution is 2.43. The summed E-state index contributed by atoms with van der Waals surface area (Å²) in [5, 5.41) is 3.55. The van der Waals surface area contributed by atoms with Crippen LogP contribution in [0.5, 0.6) is 0 Å². The molecule has 0 bridgehead atoms. The van der Waals surface area contributed by atoms with Gasteiger partial charge in [-0.15, -0.1) is 0 Å². The first-order chi connectivity index (χ1) is 14.9. The SMILES string of the molecule is Cc1ccc2c(c1)N(C(=O)CNC(c1ccccc1)c1ccccc1)C(C)(C)CC2C. The number of amides is 1. The van der Waals surface area contributed by atoms with Crippen LogP contribution in [-0.4, -0.2) is 18.0 Å². The number of hydrogen-bond acceptors (Lipinski definition) is 2. The van der Waals surface area contributed by atoms with Crippen molar-refractivity contribution in [3.8, 4) is 0 Å². The van der Waals surface area contributed by atoms with Crippen molar-refractivity contribution in [3.05, 3.63) is 101 Å². The Labute approximate surface area is 186 Å². The van der Waals surface area contributed by atoms with Crippen molar-refractivity contribution in [2.75, 3.05) is 11.4 Å². The van der Waals surface area contributed by atoms with Gasteiger partial charge in [0.05, 0.1) is 12.6 Å². The fourth-order valence-electron chi connectivity index (χ4n) is 5.00. The molecule has 3 heteroatoms. The van der Waals surface area contributed by atoms with Gasteiger partial charge in [-0.25, -0.2) is 0 Å². The Morgan fingerprint density at radius 3 is 2.16 bits per heavy atom. The summed E-state index contributed by atoms with van der Waals surface area (Å²) in [7, 11) is 0. The molecule has 0 radical (unpaired) electrons. The topological polar surface area (TPSA) is 32.3 Å². The van der Waals surface area contributed by atoms with Crippen molar-refractivity contribution in [1.82, 2.24) is 5.32 Å². The van der Waals surface area contributed by atoms with Crippen LogP contribution >= 0.6 is 0 Å². The van der Waals surface area contributed by atoms with Crippen LogP contribution < -0.4 is 10.2 Å². The normalized spacial score (nSPS) is 17.5. The molecule has 3 aromatic carbocycles. The van der Waals surface area contributed by atoms with Gasteiger partial charge in [0.1, 0.15) is 0 Å². The third-order valence-electron chi connectivity index (χ3n) is 6.34. The lowest BCUT2D eigenvalue weighted by molar-refractivity contribution is -0.119. The van der Waals surface area contributed by atoms with E-state index in [4.69, 9.17) is 0 Å². The Morgan fingerprint density at radius 2 is 1.58 bits per heavy atom. The van der Waals surface area contributed by atoms with Crippen LogP contribution in [0.3, 0.4) is 0 Å². The predicted octanol–water partition coefficient (Wildman–Crippen LogP) is 5.99. The third kappa shape index (κ3) is 4.42. The van der Waals surface area contributed by atoms with Gasteiger partial charge in [-0.3, -0.25) is 10.1 Å². The highest BCUT2D eigenvalue weighted by molar-refractivity contribution is 5.97. The molecular formula is C28H32N2O. The van der Waals surface area contributed by atoms with E-state index in [9.17, 15) is 4.79 Å². The summed E-state index contributed by atoms with van der Waals surface area (Å²) in [6, 6.07) is 27.1. The number of rotatable bonds is 5. The Balaban J connectivity index is 1.62. The van der Waals surface area contributed by atoms with Crippen molar-refractivity contribution < 1.29 is 4.79 Å². The van der Waals surface area contributed by atoms with Crippen LogP contribution in [0, 0.1) is 6.92 Å². The molecule has 0 aliphatic carbocycles. The minimum atomic E-state index is -0.228. The molecular weight excluding hydrogens is 380 g/mol. The number of aryl methyl sites for hydroxylation is 1. The van der Waals surface area contributed by atoms with Gasteiger partial charge in [-0.05, 0) is 61.4 Å². The zero-order chi connectivity index (χ0) is 22.0. The lowest BCUT2D eigenvalue weighted by atomic mass is 9.79. The van der Waals surface area contributed by atoms with E-state index in [1.54, 1.807) is 0 Å². The number of anilines is 1. The van der Waals surface area contributed by atoms with E-state index < -0.39 is 0 Å². The summed E-state index contributed by atoms with van der Waals surface area (Å²) in [6.45, 7) is 8.99. The average molecular weight is 413 g/mol. The van der Waals surface area contributed by atoms with Gasteiger partial charge in [0.25, 0.3) is 0 Å². The summed E-state index contributed by atoms with van der Waals surface area (Å²) in [6.07, 6.45) is 0.954. The van der Waals surface area contributed by atoms with Crippen LogP contribution in [0.2, 0.25) is 0 Å². The summed E-state index contributed by atoms with van der Waals surface area (Å²) in [5.41, 5.74) is 5.59. The van der Waals surface area contributed by atoms with Crippen LogP contribution in [0.15, 0.2) is 78.9 Å². The minimum Gasteiger partial charge on any atom is -0.305 e. The highest BCUT2D eigenvalue weighted by atomic mass is 16.2. The van der Waals surface area contributed by atoms with Crippen LogP contribution in [0.25, 0.3) is 0 Å². The number of benzene rings is 3. The zero-order valence-corrected chi connectivity index (χ0v) is 18.9. The molecule has 1 amide bonds. The molecule has 1 aliphatic heterocycles. The first-order valence-electron chi connectivity index (χ1n) is 11.1. The van der Waals surface area contributed by atoms with E-state index in [0.717, 1.165) is 23.2 Å². The second kappa shape index (κ2) is 8.68. The lowest BCUT2D eigenvalue weighted by Crippen LogP contribution is -2.54. The summed E-state index contributed by atoms with van der Waals surface area (Å²) in [5.74, 6) is 0.546. The first-order valence-corrected chi connectivity index (χ1v) is 11.1. The highest BCUT2D eigenvalue weighted by Gasteiger charge is 2.39. The van der Waals surface area contributed by atoms with E-state index >= 15 is 0 Å². The van der Waals surface area contributed by atoms with E-state index in [0.29, 0.717) is 5.92 Å². The van der Waals surface area contributed by atoms with Gasteiger partial charge in [0, 0.05) is 11.2 Å². The van der Waals surface area contributed by atoms with Gasteiger partial charge in [-0.1, -0.05) is 79.7 Å². The number of fused-ring (bicyclic) bond motifs is 1. The molecule has 1 N–H and O–H groups in total. The molecule has 3 nitrogen and oxygen atoms in total. The minimum absolute atomic E-state index is 0.0323. The Morgan fingerprint density at radius 1 is 1.00 bits per heavy atom. The van der Waals surface area contributed by atoms with Gasteiger partial charge in [0.15, 0.2) is 0 Å². The van der Waals surface area contributed by atoms with E-state index in [2.05, 4.69) is 75.5 Å². The van der Waals surface area contributed by atoms with Crippen LogP contribution in [-0.2, 0) is 4.79 Å². The van der Waals surface area contributed by atoms with Crippen molar-refractivity contribution in [2.45, 2.75) is 51.6 Å². The number of carbonyl (C=O) groups excluding carboxylic acids is 1. The van der Waals surface area contributed by atoms with Gasteiger partial charge in [-0.2, -0.15) is 0 Å². The summed E-state index contributed by atoms with van der Waals surface area (Å²) >= 11 is 0. The van der Waals surface area contributed by atoms with Gasteiger partial charge < -0.3 is 4.90 Å². The summed E-state index contributed by atoms with van der Waals surface area (Å²) in [4.78, 5) is 15.6. The van der Waals surface area contributed by atoms with Gasteiger partial charge in [0.2, 0.25) is 5.91 Å². The maximum absolute atomic E-state index is 13.6. The largest absolute Gasteiger partial charge is 0.305 e. The molecule has 1 heterocycles. The molecule has 0 aromatic heterocycles. The first kappa shape index (κ1) is 21.3. The second-order valence-electron chi connectivity index (χ2n) is 9.34. The Kier molecular flexibility index (Phi) is 5.97. The molecule has 3 aromatic rings. The molecule has 1 atom stereocenters. The van der Waals surface area contributed by atoms with Crippen molar-refractivity contribution in [3.63, 3.8) is 0 Å².